The van der Waals surface area contributed by atoms with Crippen LogP contribution in [0, 0.1) is 0 Å². The van der Waals surface area contributed by atoms with E-state index in [2.05, 4.69) is 145 Å². The average molecular weight is 699 g/mol. The Labute approximate surface area is 314 Å². The van der Waals surface area contributed by atoms with Crippen LogP contribution in [0.4, 0.5) is 5.69 Å². The van der Waals surface area contributed by atoms with Gasteiger partial charge in [-0.1, -0.05) is 152 Å². The molecule has 2 aromatic heterocycles. The van der Waals surface area contributed by atoms with E-state index in [-0.39, 0.29) is 0 Å². The summed E-state index contributed by atoms with van der Waals surface area (Å²) in [5.41, 5.74) is 19.3. The highest BCUT2D eigenvalue weighted by atomic mass is 16.3. The molecule has 3 N–H and O–H groups in total. The van der Waals surface area contributed by atoms with Gasteiger partial charge in [0, 0.05) is 45.9 Å². The first-order valence-electron chi connectivity index (χ1n) is 18.3. The fraction of sp³-hybridized carbons (Fsp3) is 0.0400. The van der Waals surface area contributed by atoms with E-state index in [4.69, 9.17) is 14.6 Å². The SMILES string of the molecule is NCc1ccccc1.c1ccc(CNc2cccc(-c3ccc4oc5cccc(-c6ccc(-c7cccc8c7oc7ccccc78)cc6)c5c4c3)c2)cc1. The molecule has 0 aliphatic carbocycles. The van der Waals surface area contributed by atoms with Crippen molar-refractivity contribution >= 4 is 49.6 Å². The molecule has 0 spiro atoms. The normalized spacial score (nSPS) is 11.2. The van der Waals surface area contributed by atoms with Crippen LogP contribution in [-0.4, -0.2) is 0 Å². The number of nitrogens with two attached hydrogens (primary N) is 1. The summed E-state index contributed by atoms with van der Waals surface area (Å²) >= 11 is 0. The Kier molecular flexibility index (Phi) is 8.94. The first-order valence-corrected chi connectivity index (χ1v) is 18.3. The van der Waals surface area contributed by atoms with Gasteiger partial charge in [-0.3, -0.25) is 0 Å². The van der Waals surface area contributed by atoms with Gasteiger partial charge in [0.1, 0.15) is 22.3 Å². The van der Waals surface area contributed by atoms with E-state index in [1.165, 1.54) is 11.1 Å². The number of furan rings is 2. The van der Waals surface area contributed by atoms with Crippen LogP contribution in [0.15, 0.2) is 197 Å². The summed E-state index contributed by atoms with van der Waals surface area (Å²) in [6.45, 7) is 1.42. The van der Waals surface area contributed by atoms with Crippen LogP contribution in [-0.2, 0) is 13.1 Å². The molecule has 0 aliphatic heterocycles. The molecule has 0 fully saturated rings. The third-order valence-electron chi connectivity index (χ3n) is 10.0. The van der Waals surface area contributed by atoms with Gasteiger partial charge in [0.05, 0.1) is 0 Å². The number of hydrogen-bond acceptors (Lipinski definition) is 4. The fourth-order valence-electron chi connectivity index (χ4n) is 7.27. The Bertz CT molecular complexity index is 2850. The van der Waals surface area contributed by atoms with Crippen LogP contribution >= 0.6 is 0 Å². The maximum absolute atomic E-state index is 6.36. The molecule has 260 valence electrons. The van der Waals surface area contributed by atoms with Crippen molar-refractivity contribution in [3.63, 3.8) is 0 Å². The predicted octanol–water partition coefficient (Wildman–Crippen LogP) is 13.2. The van der Waals surface area contributed by atoms with Crippen LogP contribution < -0.4 is 11.1 Å². The van der Waals surface area contributed by atoms with Gasteiger partial charge in [-0.05, 0) is 75.3 Å². The molecule has 2 heterocycles. The first kappa shape index (κ1) is 33.0. The summed E-state index contributed by atoms with van der Waals surface area (Å²) in [5, 5.41) is 8.10. The second-order valence-electron chi connectivity index (χ2n) is 13.5. The minimum Gasteiger partial charge on any atom is -0.456 e. The standard InChI is InChI=1S/C43H29NO2.C7H9N/c1-2-9-28(10-3-1)27-44-33-12-6-11-31(25-33)32-23-24-40-38(26-32)42-34(14-8-18-41(42)45-40)29-19-21-30(22-20-29)35-15-7-16-37-36-13-4-5-17-39(36)46-43(35)37;8-6-7-4-2-1-3-5-7/h1-26,44H,27H2;1-5H,6,8H2. The molecule has 10 rings (SSSR count). The maximum Gasteiger partial charge on any atom is 0.143 e. The molecule has 4 heteroatoms. The largest absolute Gasteiger partial charge is 0.456 e. The van der Waals surface area contributed by atoms with Crippen molar-refractivity contribution in [1.82, 2.24) is 0 Å². The summed E-state index contributed by atoms with van der Waals surface area (Å²) in [4.78, 5) is 0. The Hall–Kier alpha value is -6.88. The molecule has 0 bridgehead atoms. The zero-order chi connectivity index (χ0) is 36.3. The Balaban J connectivity index is 0.000000429. The molecule has 4 nitrogen and oxygen atoms in total. The summed E-state index contributed by atoms with van der Waals surface area (Å²) in [6.07, 6.45) is 0. The second-order valence-corrected chi connectivity index (χ2v) is 13.5. The van der Waals surface area contributed by atoms with E-state index < -0.39 is 0 Å². The minimum absolute atomic E-state index is 0.640. The van der Waals surface area contributed by atoms with Gasteiger partial charge in [0.15, 0.2) is 0 Å². The summed E-state index contributed by atoms with van der Waals surface area (Å²) < 4.78 is 12.7. The van der Waals surface area contributed by atoms with Crippen LogP contribution in [0.25, 0.3) is 77.3 Å². The molecule has 0 atom stereocenters. The lowest BCUT2D eigenvalue weighted by Gasteiger charge is -2.09. The van der Waals surface area contributed by atoms with Crippen LogP contribution in [0.3, 0.4) is 0 Å². The molecular formula is C50H38N2O2. The number of hydrogen-bond donors (Lipinski definition) is 2. The number of fused-ring (bicyclic) bond motifs is 6. The zero-order valence-corrected chi connectivity index (χ0v) is 29.7. The summed E-state index contributed by atoms with van der Waals surface area (Å²) in [7, 11) is 0. The molecule has 54 heavy (non-hydrogen) atoms. The number of rotatable bonds is 7. The van der Waals surface area contributed by atoms with Gasteiger partial charge in [-0.15, -0.1) is 0 Å². The van der Waals surface area contributed by atoms with Gasteiger partial charge in [0.25, 0.3) is 0 Å². The molecule has 0 saturated heterocycles. The van der Waals surface area contributed by atoms with Crippen LogP contribution in [0.5, 0.6) is 0 Å². The number of nitrogens with one attached hydrogen (secondary N) is 1. The number of para-hydroxylation sites is 2. The van der Waals surface area contributed by atoms with Crippen molar-refractivity contribution < 1.29 is 8.83 Å². The van der Waals surface area contributed by atoms with Crippen LogP contribution in [0.1, 0.15) is 11.1 Å². The fourth-order valence-corrected chi connectivity index (χ4v) is 7.27. The van der Waals surface area contributed by atoms with Crippen molar-refractivity contribution in [3.8, 4) is 33.4 Å². The zero-order valence-electron chi connectivity index (χ0n) is 29.7. The van der Waals surface area contributed by atoms with E-state index >= 15 is 0 Å². The second kappa shape index (κ2) is 14.6. The highest BCUT2D eigenvalue weighted by molar-refractivity contribution is 6.14. The maximum atomic E-state index is 6.36. The highest BCUT2D eigenvalue weighted by Gasteiger charge is 2.15. The van der Waals surface area contributed by atoms with Crippen molar-refractivity contribution in [2.75, 3.05) is 5.32 Å². The van der Waals surface area contributed by atoms with E-state index in [9.17, 15) is 0 Å². The van der Waals surface area contributed by atoms with E-state index in [1.807, 2.05) is 48.5 Å². The minimum atomic E-state index is 0.640. The Morgan fingerprint density at radius 3 is 1.78 bits per heavy atom. The molecule has 0 saturated carbocycles. The lowest BCUT2D eigenvalue weighted by molar-refractivity contribution is 0.669. The average Bonchev–Trinajstić information content (AvgIpc) is 3.82. The summed E-state index contributed by atoms with van der Waals surface area (Å²) in [5.74, 6) is 0. The van der Waals surface area contributed by atoms with Gasteiger partial charge < -0.3 is 19.9 Å². The van der Waals surface area contributed by atoms with Crippen molar-refractivity contribution in [2.24, 2.45) is 5.73 Å². The molecule has 0 radical (unpaired) electrons. The Morgan fingerprint density at radius 2 is 1.00 bits per heavy atom. The van der Waals surface area contributed by atoms with Gasteiger partial charge in [-0.25, -0.2) is 0 Å². The molecule has 0 amide bonds. The molecule has 10 aromatic rings. The van der Waals surface area contributed by atoms with Crippen LogP contribution in [0.2, 0.25) is 0 Å². The molecule has 0 aliphatic rings. The monoisotopic (exact) mass is 698 g/mol. The van der Waals surface area contributed by atoms with E-state index in [0.29, 0.717) is 6.54 Å². The lowest BCUT2D eigenvalue weighted by Crippen LogP contribution is -1.98. The quantitative estimate of drug-likeness (QED) is 0.174. The van der Waals surface area contributed by atoms with E-state index in [1.54, 1.807) is 0 Å². The smallest absolute Gasteiger partial charge is 0.143 e. The molecule has 0 unspecified atom stereocenters. The molecular weight excluding hydrogens is 661 g/mol. The van der Waals surface area contributed by atoms with Crippen molar-refractivity contribution in [3.05, 3.63) is 199 Å². The van der Waals surface area contributed by atoms with Gasteiger partial charge >= 0.3 is 0 Å². The number of anilines is 1. The Morgan fingerprint density at radius 1 is 0.407 bits per heavy atom. The number of benzene rings is 8. The van der Waals surface area contributed by atoms with Gasteiger partial charge in [0.2, 0.25) is 0 Å². The van der Waals surface area contributed by atoms with Crippen molar-refractivity contribution in [1.29, 1.82) is 0 Å². The van der Waals surface area contributed by atoms with Gasteiger partial charge in [-0.2, -0.15) is 0 Å². The highest BCUT2D eigenvalue weighted by Crippen LogP contribution is 2.40. The third-order valence-corrected chi connectivity index (χ3v) is 10.0. The predicted molar refractivity (Wildman–Crippen MR) is 225 cm³/mol. The first-order chi connectivity index (χ1) is 26.7. The summed E-state index contributed by atoms with van der Waals surface area (Å²) in [6, 6.07) is 65.3. The van der Waals surface area contributed by atoms with Crippen molar-refractivity contribution in [2.45, 2.75) is 13.1 Å². The van der Waals surface area contributed by atoms with E-state index in [0.717, 1.165) is 89.5 Å². The lowest BCUT2D eigenvalue weighted by atomic mass is 9.95. The third kappa shape index (κ3) is 6.51. The topological polar surface area (TPSA) is 64.3 Å². The molecule has 8 aromatic carbocycles.